The van der Waals surface area contributed by atoms with E-state index in [2.05, 4.69) is 18.2 Å². The molecule has 1 aromatic carbocycles. The van der Waals surface area contributed by atoms with Gasteiger partial charge in [-0.2, -0.15) is 0 Å². The Morgan fingerprint density at radius 3 is 2.88 bits per heavy atom. The largest absolute Gasteiger partial charge is 0.342 e. The van der Waals surface area contributed by atoms with E-state index in [1.54, 1.807) is 0 Å². The van der Waals surface area contributed by atoms with Crippen molar-refractivity contribution >= 4 is 5.91 Å². The summed E-state index contributed by atoms with van der Waals surface area (Å²) in [6.45, 7) is 4.07. The van der Waals surface area contributed by atoms with Crippen molar-refractivity contribution < 1.29 is 4.79 Å². The van der Waals surface area contributed by atoms with Crippen LogP contribution in [-0.2, 0) is 11.2 Å². The van der Waals surface area contributed by atoms with Crippen LogP contribution < -0.4 is 5.32 Å². The maximum atomic E-state index is 11.8. The summed E-state index contributed by atoms with van der Waals surface area (Å²) < 4.78 is 0. The van der Waals surface area contributed by atoms with E-state index in [4.69, 9.17) is 6.42 Å². The molecule has 0 bridgehead atoms. The minimum Gasteiger partial charge on any atom is -0.342 e. The average Bonchev–Trinajstić information content (AvgIpc) is 2.28. The van der Waals surface area contributed by atoms with Crippen LogP contribution in [0.15, 0.2) is 24.3 Å². The van der Waals surface area contributed by atoms with E-state index in [9.17, 15) is 4.79 Å². The number of carbonyl (C=O) groups excluding carboxylic acids is 1. The van der Waals surface area contributed by atoms with E-state index >= 15 is 0 Å². The highest BCUT2D eigenvalue weighted by atomic mass is 16.1. The average molecular weight is 229 g/mol. The summed E-state index contributed by atoms with van der Waals surface area (Å²) in [5.74, 6) is 2.59. The summed E-state index contributed by atoms with van der Waals surface area (Å²) in [6, 6.07) is 7.81. The van der Waals surface area contributed by atoms with Gasteiger partial charge < -0.3 is 5.32 Å². The van der Waals surface area contributed by atoms with Crippen LogP contribution >= 0.6 is 0 Å². The third-order valence-electron chi connectivity index (χ3n) is 2.56. The third-order valence-corrected chi connectivity index (χ3v) is 2.56. The monoisotopic (exact) mass is 229 g/mol. The second-order valence-electron chi connectivity index (χ2n) is 4.24. The van der Waals surface area contributed by atoms with Crippen LogP contribution in [-0.4, -0.2) is 11.9 Å². The second-order valence-corrected chi connectivity index (χ2v) is 4.24. The topological polar surface area (TPSA) is 29.1 Å². The molecule has 0 saturated carbocycles. The molecule has 0 aliphatic heterocycles. The molecule has 0 heterocycles. The molecule has 17 heavy (non-hydrogen) atoms. The molecule has 0 aromatic heterocycles. The molecule has 0 saturated heterocycles. The van der Waals surface area contributed by atoms with Gasteiger partial charge in [-0.15, -0.1) is 6.42 Å². The van der Waals surface area contributed by atoms with Crippen LogP contribution in [0.5, 0.6) is 0 Å². The van der Waals surface area contributed by atoms with Gasteiger partial charge in [0.25, 0.3) is 0 Å². The van der Waals surface area contributed by atoms with E-state index in [1.807, 2.05) is 31.2 Å². The quantitative estimate of drug-likeness (QED) is 0.772. The molecule has 0 aliphatic rings. The van der Waals surface area contributed by atoms with E-state index in [1.165, 1.54) is 0 Å². The van der Waals surface area contributed by atoms with Crippen LogP contribution in [0.25, 0.3) is 0 Å². The molecule has 1 rings (SSSR count). The van der Waals surface area contributed by atoms with Gasteiger partial charge in [-0.1, -0.05) is 49.1 Å². The van der Waals surface area contributed by atoms with Crippen molar-refractivity contribution in [1.82, 2.24) is 5.32 Å². The third kappa shape index (κ3) is 4.74. The molecule has 2 heteroatoms. The highest BCUT2D eigenvalue weighted by Gasteiger charge is 2.09. The van der Waals surface area contributed by atoms with Crippen molar-refractivity contribution in [3.05, 3.63) is 35.4 Å². The molecule has 1 amide bonds. The van der Waals surface area contributed by atoms with Crippen LogP contribution in [0.3, 0.4) is 0 Å². The van der Waals surface area contributed by atoms with Crippen molar-refractivity contribution in [3.8, 4) is 12.3 Å². The zero-order valence-corrected chi connectivity index (χ0v) is 10.5. The number of amides is 1. The number of hydrogen-bond acceptors (Lipinski definition) is 1. The zero-order chi connectivity index (χ0) is 12.7. The summed E-state index contributed by atoms with van der Waals surface area (Å²) in [7, 11) is 0. The summed E-state index contributed by atoms with van der Waals surface area (Å²) in [6.07, 6.45) is 7.55. The molecule has 1 atom stereocenters. The Bertz CT molecular complexity index is 417. The van der Waals surface area contributed by atoms with Crippen molar-refractivity contribution in [1.29, 1.82) is 0 Å². The number of nitrogens with one attached hydrogen (secondary N) is 1. The van der Waals surface area contributed by atoms with E-state index < -0.39 is 0 Å². The maximum Gasteiger partial charge on any atom is 0.225 e. The Labute approximate surface area is 103 Å². The standard InChI is InChI=1S/C15H19NO/c1-4-7-14(5-2)16-15(17)11-13-9-6-8-12(3)10-13/h2,6,8-10,14H,4,7,11H2,1,3H3,(H,16,17). The van der Waals surface area contributed by atoms with Crippen LogP contribution in [0.2, 0.25) is 0 Å². The molecule has 0 radical (unpaired) electrons. The lowest BCUT2D eigenvalue weighted by Crippen LogP contribution is -2.34. The molecule has 1 N–H and O–H groups in total. The fraction of sp³-hybridized carbons (Fsp3) is 0.400. The zero-order valence-electron chi connectivity index (χ0n) is 10.5. The van der Waals surface area contributed by atoms with Gasteiger partial charge >= 0.3 is 0 Å². The predicted octanol–water partition coefficient (Wildman–Crippen LogP) is 2.46. The molecule has 2 nitrogen and oxygen atoms in total. The van der Waals surface area contributed by atoms with Crippen LogP contribution in [0, 0.1) is 19.3 Å². The van der Waals surface area contributed by atoms with Gasteiger partial charge in [0.1, 0.15) is 0 Å². The fourth-order valence-corrected chi connectivity index (χ4v) is 1.74. The molecule has 0 aliphatic carbocycles. The van der Waals surface area contributed by atoms with Gasteiger partial charge in [-0.25, -0.2) is 0 Å². The predicted molar refractivity (Wildman–Crippen MR) is 70.6 cm³/mol. The first-order valence-electron chi connectivity index (χ1n) is 5.96. The summed E-state index contributed by atoms with van der Waals surface area (Å²) in [4.78, 5) is 11.8. The first kappa shape index (κ1) is 13.3. The van der Waals surface area contributed by atoms with E-state index in [-0.39, 0.29) is 11.9 Å². The Morgan fingerprint density at radius 2 is 2.29 bits per heavy atom. The van der Waals surface area contributed by atoms with Crippen LogP contribution in [0.1, 0.15) is 30.9 Å². The van der Waals surface area contributed by atoms with Gasteiger partial charge in [-0.3, -0.25) is 4.79 Å². The second kappa shape index (κ2) is 6.75. The summed E-state index contributed by atoms with van der Waals surface area (Å²) in [5.41, 5.74) is 2.19. The van der Waals surface area contributed by atoms with Gasteiger partial charge in [0.15, 0.2) is 0 Å². The Kier molecular flexibility index (Phi) is 5.29. The van der Waals surface area contributed by atoms with Crippen molar-refractivity contribution in [2.75, 3.05) is 0 Å². The molecule has 1 unspecified atom stereocenters. The molecular weight excluding hydrogens is 210 g/mol. The SMILES string of the molecule is C#CC(CCC)NC(=O)Cc1cccc(C)c1. The van der Waals surface area contributed by atoms with Crippen LogP contribution in [0.4, 0.5) is 0 Å². The number of hydrogen-bond donors (Lipinski definition) is 1. The normalized spacial score (nSPS) is 11.6. The first-order valence-corrected chi connectivity index (χ1v) is 5.96. The highest BCUT2D eigenvalue weighted by Crippen LogP contribution is 2.05. The Balaban J connectivity index is 2.52. The first-order chi connectivity index (χ1) is 8.15. The minimum absolute atomic E-state index is 0.00741. The van der Waals surface area contributed by atoms with Gasteiger partial charge in [0.2, 0.25) is 5.91 Å². The molecule has 90 valence electrons. The van der Waals surface area contributed by atoms with Crippen molar-refractivity contribution in [3.63, 3.8) is 0 Å². The number of aryl methyl sites for hydroxylation is 1. The Hall–Kier alpha value is -1.75. The molecule has 0 spiro atoms. The van der Waals surface area contributed by atoms with Gasteiger partial charge in [0, 0.05) is 0 Å². The summed E-state index contributed by atoms with van der Waals surface area (Å²) in [5, 5.41) is 2.86. The lowest BCUT2D eigenvalue weighted by atomic mass is 10.1. The number of rotatable bonds is 5. The molecule has 1 aromatic rings. The van der Waals surface area contributed by atoms with Crippen molar-refractivity contribution in [2.24, 2.45) is 0 Å². The Morgan fingerprint density at radius 1 is 1.53 bits per heavy atom. The summed E-state index contributed by atoms with van der Waals surface area (Å²) >= 11 is 0. The lowest BCUT2D eigenvalue weighted by Gasteiger charge is -2.12. The van der Waals surface area contributed by atoms with E-state index in [0.717, 1.165) is 24.0 Å². The minimum atomic E-state index is -0.141. The van der Waals surface area contributed by atoms with Gasteiger partial charge in [0.05, 0.1) is 12.5 Å². The number of terminal acetylenes is 1. The maximum absolute atomic E-state index is 11.8. The molecular formula is C15H19NO. The fourth-order valence-electron chi connectivity index (χ4n) is 1.74. The number of benzene rings is 1. The van der Waals surface area contributed by atoms with Gasteiger partial charge in [-0.05, 0) is 18.9 Å². The highest BCUT2D eigenvalue weighted by molar-refractivity contribution is 5.79. The smallest absolute Gasteiger partial charge is 0.225 e. The number of carbonyl (C=O) groups is 1. The van der Waals surface area contributed by atoms with E-state index in [0.29, 0.717) is 6.42 Å². The molecule has 0 fully saturated rings. The lowest BCUT2D eigenvalue weighted by molar-refractivity contribution is -0.120. The van der Waals surface area contributed by atoms with Crippen molar-refractivity contribution in [2.45, 2.75) is 39.2 Å².